The number of primary amides is 1. The van der Waals surface area contributed by atoms with E-state index in [2.05, 4.69) is 37.2 Å². The zero-order valence-electron chi connectivity index (χ0n) is 33.9. The Morgan fingerprint density at radius 2 is 1.45 bits per heavy atom. The number of hydrogen-bond donors (Lipinski definition) is 12. The van der Waals surface area contributed by atoms with Gasteiger partial charge in [-0.05, 0) is 90.7 Å². The highest BCUT2D eigenvalue weighted by atomic mass is 32.2. The highest BCUT2D eigenvalue weighted by molar-refractivity contribution is 7.86. The molecule has 6 aromatic carbocycles. The number of aryl methyl sites for hydroxylation is 1. The van der Waals surface area contributed by atoms with E-state index in [-0.39, 0.29) is 52.5 Å². The number of amides is 2. The van der Waals surface area contributed by atoms with Crippen molar-refractivity contribution in [3.05, 3.63) is 102 Å². The number of nitrogens with zero attached hydrogens (tertiary/aromatic N) is 2. The summed E-state index contributed by atoms with van der Waals surface area (Å²) in [4.78, 5) is 35.2. The summed E-state index contributed by atoms with van der Waals surface area (Å²) in [5.41, 5.74) is 14.1. The number of rotatable bonds is 17. The van der Waals surface area contributed by atoms with Crippen LogP contribution in [-0.4, -0.2) is 91.2 Å². The lowest BCUT2D eigenvalue weighted by Crippen LogP contribution is -2.49. The predicted octanol–water partition coefficient (Wildman–Crippen LogP) is 4.05. The second kappa shape index (κ2) is 17.7. The fourth-order valence-corrected chi connectivity index (χ4v) is 8.19. The molecule has 6 aromatic rings. The number of aromatic hydroxyl groups is 2. The van der Waals surface area contributed by atoms with Crippen LogP contribution >= 0.6 is 0 Å². The third-order valence-corrected chi connectivity index (χ3v) is 11.9. The summed E-state index contributed by atoms with van der Waals surface area (Å²) < 4.78 is 72.5. The standard InChI is InChI=1S/C41H39N9O13S2/c1-20-13-31(33(63-2)17-30(20)45-18-43-28-11-12-34(65(60,61)62)27-15-25(64(57,58)59)16-32(51)35(27)28)46-19-44-29-10-5-22-14-23(6-9-26(22)38(29)52)47-48-37-36(39(42)53)49-50(40(37)54)24-7-3-21(4-8-24)41(55)56/h3-17,37,43-48,51-52H,18-19H2,1-2H3,(H2,42,53)(H,55,56)(H,57,58,59)(H,60,61,62). The van der Waals surface area contributed by atoms with E-state index in [0.717, 1.165) is 28.8 Å². The third-order valence-electron chi connectivity index (χ3n) is 10.2. The molecule has 0 aromatic heterocycles. The first kappa shape index (κ1) is 45.1. The number of nitrogens with one attached hydrogen (secondary N) is 6. The number of carbonyl (C=O) groups excluding carboxylic acids is 2. The molecule has 22 nitrogen and oxygen atoms in total. The fraction of sp³-hybridized carbons (Fsp3) is 0.122. The number of phenolic OH excluding ortho intramolecular Hbond substituents is 2. The van der Waals surface area contributed by atoms with E-state index in [1.165, 1.54) is 37.4 Å². The van der Waals surface area contributed by atoms with Crippen LogP contribution in [0, 0.1) is 6.92 Å². The van der Waals surface area contributed by atoms with Gasteiger partial charge in [-0.1, -0.05) is 6.07 Å². The molecule has 338 valence electrons. The number of carboxylic acids is 1. The number of aromatic carboxylic acids is 1. The summed E-state index contributed by atoms with van der Waals surface area (Å²) in [7, 11) is -8.23. The molecule has 0 aliphatic carbocycles. The second-order valence-electron chi connectivity index (χ2n) is 14.3. The first-order chi connectivity index (χ1) is 30.7. The minimum absolute atomic E-state index is 0.000260. The number of fused-ring (bicyclic) bond motifs is 2. The molecule has 1 unspecified atom stereocenters. The smallest absolute Gasteiger partial charge is 0.335 e. The summed E-state index contributed by atoms with van der Waals surface area (Å²) >= 11 is 0. The normalized spacial score (nSPS) is 14.0. The van der Waals surface area contributed by atoms with E-state index in [1.54, 1.807) is 42.5 Å². The maximum absolute atomic E-state index is 13.3. The van der Waals surface area contributed by atoms with E-state index in [0.29, 0.717) is 39.3 Å². The Morgan fingerprint density at radius 3 is 2.09 bits per heavy atom. The number of anilines is 6. The number of hydrazone groups is 1. The summed E-state index contributed by atoms with van der Waals surface area (Å²) in [6.07, 6.45) is 0. The third kappa shape index (κ3) is 9.41. The van der Waals surface area contributed by atoms with Crippen LogP contribution in [0.1, 0.15) is 15.9 Å². The van der Waals surface area contributed by atoms with E-state index in [4.69, 9.17) is 10.5 Å². The van der Waals surface area contributed by atoms with Crippen LogP contribution in [0.2, 0.25) is 0 Å². The molecule has 1 aliphatic heterocycles. The topological polar surface area (TPSA) is 344 Å². The maximum atomic E-state index is 13.3. The van der Waals surface area contributed by atoms with Crippen molar-refractivity contribution in [1.82, 2.24) is 5.43 Å². The summed E-state index contributed by atoms with van der Waals surface area (Å²) in [5, 5.41) is 49.2. The van der Waals surface area contributed by atoms with Crippen molar-refractivity contribution < 1.29 is 60.4 Å². The Morgan fingerprint density at radius 1 is 0.785 bits per heavy atom. The van der Waals surface area contributed by atoms with Crippen LogP contribution in [0.25, 0.3) is 21.5 Å². The largest absolute Gasteiger partial charge is 0.507 e. The van der Waals surface area contributed by atoms with Crippen molar-refractivity contribution in [2.45, 2.75) is 22.8 Å². The van der Waals surface area contributed by atoms with Crippen LogP contribution in [0.3, 0.4) is 0 Å². The fourth-order valence-electron chi connectivity index (χ4n) is 6.98. The first-order valence-corrected chi connectivity index (χ1v) is 21.8. The average molecular weight is 930 g/mol. The molecule has 1 heterocycles. The summed E-state index contributed by atoms with van der Waals surface area (Å²) in [5.74, 6) is -3.02. The van der Waals surface area contributed by atoms with Crippen molar-refractivity contribution in [2.24, 2.45) is 10.8 Å². The van der Waals surface area contributed by atoms with Gasteiger partial charge >= 0.3 is 5.97 Å². The Bertz CT molecular complexity index is 3190. The zero-order valence-corrected chi connectivity index (χ0v) is 35.6. The van der Waals surface area contributed by atoms with Gasteiger partial charge in [-0.25, -0.2) is 10.2 Å². The molecule has 0 bridgehead atoms. The molecule has 0 radical (unpaired) electrons. The van der Waals surface area contributed by atoms with Crippen LogP contribution in [0.5, 0.6) is 17.2 Å². The van der Waals surface area contributed by atoms with E-state index < -0.39 is 59.6 Å². The SMILES string of the molecule is COc1cc(NCNc2ccc(S(=O)(=O)O)c3cc(S(=O)(=O)O)cc(O)c23)c(C)cc1NCNc1ccc2cc(NNC3C(=O)N(c4ccc(C(=O)O)cc4)N=C3C(N)=O)ccc2c1O. The quantitative estimate of drug-likeness (QED) is 0.0266. The summed E-state index contributed by atoms with van der Waals surface area (Å²) in [6, 6.07) is 19.9. The molecule has 0 spiro atoms. The number of hydrazine groups is 1. The highest BCUT2D eigenvalue weighted by Crippen LogP contribution is 2.39. The molecule has 65 heavy (non-hydrogen) atoms. The molecule has 1 atom stereocenters. The van der Waals surface area contributed by atoms with Gasteiger partial charge in [0.05, 0.1) is 48.0 Å². The zero-order chi connectivity index (χ0) is 47.0. The Kier molecular flexibility index (Phi) is 12.3. The lowest BCUT2D eigenvalue weighted by Gasteiger charge is -2.19. The van der Waals surface area contributed by atoms with Gasteiger partial charge in [0.2, 0.25) is 0 Å². The molecule has 2 amide bonds. The number of phenols is 2. The monoisotopic (exact) mass is 929 g/mol. The molecule has 7 rings (SSSR count). The van der Waals surface area contributed by atoms with Gasteiger partial charge in [-0.3, -0.25) is 18.7 Å². The van der Waals surface area contributed by atoms with Crippen molar-refractivity contribution in [3.8, 4) is 17.2 Å². The van der Waals surface area contributed by atoms with Gasteiger partial charge in [-0.2, -0.15) is 26.9 Å². The molecular formula is C41H39N9O13S2. The molecule has 0 saturated carbocycles. The van der Waals surface area contributed by atoms with Gasteiger partial charge < -0.3 is 52.5 Å². The number of carboxylic acid groups (broad SMARTS) is 1. The number of hydrogen-bond acceptors (Lipinski definition) is 17. The van der Waals surface area contributed by atoms with Crippen molar-refractivity contribution in [2.75, 3.05) is 52.1 Å². The van der Waals surface area contributed by atoms with Crippen molar-refractivity contribution in [1.29, 1.82) is 0 Å². The van der Waals surface area contributed by atoms with Gasteiger partial charge in [-0.15, -0.1) is 0 Å². The van der Waals surface area contributed by atoms with E-state index in [9.17, 15) is 55.6 Å². The number of nitrogens with two attached hydrogens (primary N) is 1. The molecule has 24 heteroatoms. The first-order valence-electron chi connectivity index (χ1n) is 19.0. The van der Waals surface area contributed by atoms with Crippen molar-refractivity contribution in [3.63, 3.8) is 0 Å². The van der Waals surface area contributed by atoms with E-state index >= 15 is 0 Å². The second-order valence-corrected chi connectivity index (χ2v) is 17.1. The van der Waals surface area contributed by atoms with E-state index in [1.807, 2.05) is 6.92 Å². The maximum Gasteiger partial charge on any atom is 0.335 e. The number of carbonyl (C=O) groups is 3. The van der Waals surface area contributed by atoms with Gasteiger partial charge in [0.1, 0.15) is 22.1 Å². The van der Waals surface area contributed by atoms with Gasteiger partial charge in [0.25, 0.3) is 32.1 Å². The Hall–Kier alpha value is -7.90. The lowest BCUT2D eigenvalue weighted by molar-refractivity contribution is -0.119. The van der Waals surface area contributed by atoms with Crippen LogP contribution in [0.15, 0.2) is 106 Å². The summed E-state index contributed by atoms with van der Waals surface area (Å²) in [6.45, 7) is 1.97. The highest BCUT2D eigenvalue weighted by Gasteiger charge is 2.39. The van der Waals surface area contributed by atoms with Gasteiger partial charge in [0, 0.05) is 45.4 Å². The van der Waals surface area contributed by atoms with Gasteiger partial charge in [0.15, 0.2) is 11.8 Å². The number of methoxy groups -OCH3 is 1. The predicted molar refractivity (Wildman–Crippen MR) is 241 cm³/mol. The molecule has 1 aliphatic rings. The van der Waals surface area contributed by atoms with Crippen LogP contribution < -0.4 is 47.6 Å². The molecule has 13 N–H and O–H groups in total. The Balaban J connectivity index is 0.979. The average Bonchev–Trinajstić information content (AvgIpc) is 3.59. The van der Waals surface area contributed by atoms with Crippen LogP contribution in [-0.2, 0) is 29.8 Å². The number of ether oxygens (including phenoxy) is 1. The molecule has 0 fully saturated rings. The minimum Gasteiger partial charge on any atom is -0.507 e. The Labute approximate surface area is 369 Å². The van der Waals surface area contributed by atoms with Crippen molar-refractivity contribution >= 4 is 99.4 Å². The van der Waals surface area contributed by atoms with Crippen LogP contribution in [0.4, 0.5) is 34.1 Å². The molecule has 0 saturated heterocycles. The lowest BCUT2D eigenvalue weighted by atomic mass is 10.1. The number of benzene rings is 6. The minimum atomic E-state index is -4.86. The molecular weight excluding hydrogens is 891 g/mol.